The Morgan fingerprint density at radius 1 is 0.371 bits per heavy atom. The molecular weight excluding hydrogens is 905 g/mol. The Labute approximate surface area is 407 Å². The van der Waals surface area contributed by atoms with Gasteiger partial charge in [-0.05, 0) is 46.5 Å². The van der Waals surface area contributed by atoms with Crippen LogP contribution >= 0.6 is 0 Å². The van der Waals surface area contributed by atoms with Gasteiger partial charge in [-0.25, -0.2) is 9.59 Å². The maximum absolute atomic E-state index is 14.5. The van der Waals surface area contributed by atoms with E-state index in [-0.39, 0.29) is 112 Å². The lowest BCUT2D eigenvalue weighted by molar-refractivity contribution is -0.0930. The zero-order chi connectivity index (χ0) is 49.2. The van der Waals surface area contributed by atoms with Crippen LogP contribution in [-0.2, 0) is 64.3 Å². The van der Waals surface area contributed by atoms with Gasteiger partial charge in [-0.3, -0.25) is 0 Å². The largest absolute Gasteiger partial charge is 0.482 e. The van der Waals surface area contributed by atoms with Crippen molar-refractivity contribution >= 4 is 11.9 Å². The van der Waals surface area contributed by atoms with Gasteiger partial charge in [0.15, 0.2) is 62.4 Å². The Bertz CT molecular complexity index is 2230. The molecule has 370 valence electrons. The van der Waals surface area contributed by atoms with Crippen molar-refractivity contribution in [2.75, 3.05) is 68.8 Å². The maximum atomic E-state index is 14.5. The van der Waals surface area contributed by atoms with E-state index in [1.165, 1.54) is 52.7 Å². The van der Waals surface area contributed by atoms with Gasteiger partial charge >= 0.3 is 11.9 Å². The Kier molecular flexibility index (Phi) is 21.6. The van der Waals surface area contributed by atoms with Crippen LogP contribution < -0.4 is 28.4 Å². The third-order valence-electron chi connectivity index (χ3n) is 10.0. The first-order chi connectivity index (χ1) is 34.4. The molecule has 6 rings (SSSR count). The molecule has 0 heterocycles. The van der Waals surface area contributed by atoms with Crippen LogP contribution in [0.2, 0.25) is 0 Å². The minimum Gasteiger partial charge on any atom is -0.482 e. The molecule has 0 spiro atoms. The molecular formula is C54H58O16. The number of esters is 2. The summed E-state index contributed by atoms with van der Waals surface area (Å²) in [7, 11) is 5.84. The molecule has 6 aromatic rings. The van der Waals surface area contributed by atoms with Crippen molar-refractivity contribution in [1.29, 1.82) is 0 Å². The standard InChI is InChI=1S/C54H58O16/c1-57-35-65-45-25-43(26-46(66-36-58-2)51(45)63-31-41-21-13-7-14-22-41)53(55)69-49(33-61-29-39-17-9-5-10-18-39)50(34-62-30-40-19-11-6-12-20-40)70-54(56)44-27-47(67-37-59-3)52(48(28-44)68-38-60-4)64-32-42-23-15-8-16-24-42/h5-28,49-50H,29-38H2,1-4H3/t49-,50-/m0/s1. The summed E-state index contributed by atoms with van der Waals surface area (Å²) in [5.41, 5.74) is 3.46. The fourth-order valence-corrected chi connectivity index (χ4v) is 6.63. The molecule has 0 aromatic heterocycles. The molecule has 0 aliphatic rings. The van der Waals surface area contributed by atoms with Crippen LogP contribution in [0.5, 0.6) is 34.5 Å². The molecule has 0 fully saturated rings. The van der Waals surface area contributed by atoms with Gasteiger partial charge in [0.1, 0.15) is 13.2 Å². The predicted molar refractivity (Wildman–Crippen MR) is 255 cm³/mol. The minimum absolute atomic E-state index is 0.00133. The molecule has 0 unspecified atom stereocenters. The van der Waals surface area contributed by atoms with Crippen molar-refractivity contribution in [2.45, 2.75) is 38.6 Å². The summed E-state index contributed by atoms with van der Waals surface area (Å²) in [6, 6.07) is 43.6. The highest BCUT2D eigenvalue weighted by atomic mass is 16.7. The van der Waals surface area contributed by atoms with E-state index in [0.717, 1.165) is 22.3 Å². The second-order valence-electron chi connectivity index (χ2n) is 15.2. The lowest BCUT2D eigenvalue weighted by atomic mass is 10.1. The highest BCUT2D eigenvalue weighted by Crippen LogP contribution is 2.41. The van der Waals surface area contributed by atoms with E-state index in [9.17, 15) is 9.59 Å². The number of rotatable bonds is 31. The smallest absolute Gasteiger partial charge is 0.338 e. The van der Waals surface area contributed by atoms with Crippen molar-refractivity contribution in [1.82, 2.24) is 0 Å². The summed E-state index contributed by atoms with van der Waals surface area (Å²) >= 11 is 0. The Morgan fingerprint density at radius 3 is 0.914 bits per heavy atom. The monoisotopic (exact) mass is 962 g/mol. The van der Waals surface area contributed by atoms with Crippen molar-refractivity contribution in [2.24, 2.45) is 0 Å². The molecule has 2 atom stereocenters. The van der Waals surface area contributed by atoms with Crippen molar-refractivity contribution in [3.8, 4) is 34.5 Å². The normalized spacial score (nSPS) is 11.8. The zero-order valence-corrected chi connectivity index (χ0v) is 39.6. The summed E-state index contributed by atoms with van der Waals surface area (Å²) in [5.74, 6) is -0.812. The van der Waals surface area contributed by atoms with Gasteiger partial charge in [-0.2, -0.15) is 0 Å². The number of benzene rings is 6. The summed E-state index contributed by atoms with van der Waals surface area (Å²) < 4.78 is 82.0. The lowest BCUT2D eigenvalue weighted by Crippen LogP contribution is -2.41. The molecule has 0 aliphatic heterocycles. The van der Waals surface area contributed by atoms with Crippen LogP contribution in [0.15, 0.2) is 146 Å². The average molecular weight is 963 g/mol. The number of carbonyl (C=O) groups excluding carboxylic acids is 2. The van der Waals surface area contributed by atoms with Gasteiger partial charge in [-0.1, -0.05) is 121 Å². The van der Waals surface area contributed by atoms with E-state index in [1.54, 1.807) is 0 Å². The lowest BCUT2D eigenvalue weighted by Gasteiger charge is -2.27. The van der Waals surface area contributed by atoms with E-state index in [4.69, 9.17) is 66.3 Å². The summed E-state index contributed by atoms with van der Waals surface area (Å²) in [6.45, 7) is -0.633. The topological polar surface area (TPSA) is 163 Å². The molecule has 0 radical (unpaired) electrons. The van der Waals surface area contributed by atoms with E-state index in [1.807, 2.05) is 121 Å². The van der Waals surface area contributed by atoms with Crippen LogP contribution in [0.3, 0.4) is 0 Å². The molecule has 0 amide bonds. The fourth-order valence-electron chi connectivity index (χ4n) is 6.63. The molecule has 70 heavy (non-hydrogen) atoms. The van der Waals surface area contributed by atoms with Crippen molar-refractivity contribution in [3.63, 3.8) is 0 Å². The molecule has 0 saturated carbocycles. The van der Waals surface area contributed by atoms with Gasteiger partial charge in [0.25, 0.3) is 0 Å². The summed E-state index contributed by atoms with van der Waals surface area (Å²) in [5, 5.41) is 0. The molecule has 0 bridgehead atoms. The predicted octanol–water partition coefficient (Wildman–Crippen LogP) is 8.96. The van der Waals surface area contributed by atoms with Gasteiger partial charge in [-0.15, -0.1) is 0 Å². The average Bonchev–Trinajstić information content (AvgIpc) is 3.40. The van der Waals surface area contributed by atoms with Gasteiger partial charge in [0.05, 0.1) is 37.6 Å². The zero-order valence-electron chi connectivity index (χ0n) is 39.6. The first kappa shape index (κ1) is 52.2. The Morgan fingerprint density at radius 2 is 0.643 bits per heavy atom. The molecule has 0 N–H and O–H groups in total. The summed E-state index contributed by atoms with van der Waals surface area (Å²) in [6.07, 6.45) is -2.53. The SMILES string of the molecule is COCOc1cc(C(=O)O[C@@H](COCc2ccccc2)[C@H](COCc2ccccc2)OC(=O)c2cc(OCOC)c(OCc3ccccc3)c(OCOC)c2)cc(OCOC)c1OCc1ccccc1. The van der Waals surface area contributed by atoms with Crippen LogP contribution in [-0.4, -0.2) is 93.0 Å². The quantitative estimate of drug-likeness (QED) is 0.0299. The first-order valence-electron chi connectivity index (χ1n) is 22.2. The summed E-state index contributed by atoms with van der Waals surface area (Å²) in [4.78, 5) is 29.1. The second-order valence-corrected chi connectivity index (χ2v) is 15.2. The van der Waals surface area contributed by atoms with E-state index in [2.05, 4.69) is 0 Å². The minimum atomic E-state index is -1.27. The number of hydrogen-bond acceptors (Lipinski definition) is 16. The first-order valence-corrected chi connectivity index (χ1v) is 22.2. The van der Waals surface area contributed by atoms with Crippen LogP contribution in [0.25, 0.3) is 0 Å². The van der Waals surface area contributed by atoms with Gasteiger partial charge < -0.3 is 66.3 Å². The molecule has 0 aliphatic carbocycles. The maximum Gasteiger partial charge on any atom is 0.338 e. The van der Waals surface area contributed by atoms with Crippen LogP contribution in [0, 0.1) is 0 Å². The second kappa shape index (κ2) is 29.0. The molecule has 6 aromatic carbocycles. The third kappa shape index (κ3) is 16.5. The molecule has 16 heteroatoms. The van der Waals surface area contributed by atoms with Crippen molar-refractivity contribution < 1.29 is 75.9 Å². The Balaban J connectivity index is 1.36. The molecule has 16 nitrogen and oxygen atoms in total. The van der Waals surface area contributed by atoms with Crippen LogP contribution in [0.4, 0.5) is 0 Å². The van der Waals surface area contributed by atoms with Gasteiger partial charge in [0, 0.05) is 28.4 Å². The number of ether oxygens (including phenoxy) is 14. The van der Waals surface area contributed by atoms with Crippen LogP contribution in [0.1, 0.15) is 43.0 Å². The number of hydrogen-bond donors (Lipinski definition) is 0. The molecule has 0 saturated heterocycles. The van der Waals surface area contributed by atoms with E-state index in [0.29, 0.717) is 0 Å². The fraction of sp³-hybridized carbons (Fsp3) is 0.296. The van der Waals surface area contributed by atoms with E-state index < -0.39 is 24.1 Å². The Hall–Kier alpha value is -7.18. The highest BCUT2D eigenvalue weighted by molar-refractivity contribution is 5.92. The highest BCUT2D eigenvalue weighted by Gasteiger charge is 2.33. The van der Waals surface area contributed by atoms with Crippen molar-refractivity contribution in [3.05, 3.63) is 179 Å². The number of carbonyl (C=O) groups is 2. The third-order valence-corrected chi connectivity index (χ3v) is 10.0. The van der Waals surface area contributed by atoms with E-state index >= 15 is 0 Å². The van der Waals surface area contributed by atoms with Gasteiger partial charge in [0.2, 0.25) is 11.5 Å². The number of methoxy groups -OCH3 is 4.